The monoisotopic (exact) mass is 161 g/mol. The number of hydrogen-bond donors (Lipinski definition) is 2. The summed E-state index contributed by atoms with van der Waals surface area (Å²) in [7, 11) is 1.82. The van der Waals surface area contributed by atoms with Gasteiger partial charge in [-0.1, -0.05) is 16.8 Å². The van der Waals surface area contributed by atoms with E-state index in [1.54, 1.807) is 5.01 Å². The molecule has 6 heteroatoms. The summed E-state index contributed by atoms with van der Waals surface area (Å²) in [6, 6.07) is 0. The molecule has 0 atom stereocenters. The Bertz CT molecular complexity index is 165. The van der Waals surface area contributed by atoms with Gasteiger partial charge in [-0.25, -0.2) is 5.01 Å². The van der Waals surface area contributed by atoms with Crippen molar-refractivity contribution in [2.24, 2.45) is 10.3 Å². The van der Waals surface area contributed by atoms with E-state index in [-0.39, 0.29) is 0 Å². The van der Waals surface area contributed by atoms with Gasteiger partial charge in [0.15, 0.2) is 0 Å². The van der Waals surface area contributed by atoms with Gasteiger partial charge in [0.25, 0.3) is 0 Å². The Morgan fingerprint density at radius 1 is 1.90 bits per heavy atom. The minimum absolute atomic E-state index is 0.518. The molecule has 0 saturated carbocycles. The van der Waals surface area contributed by atoms with Crippen LogP contribution in [-0.4, -0.2) is 18.7 Å². The standard InChI is InChI=1S/C4H8ClN5/c1-6-3-10-4(5)2-7-8-9-10/h2,6H,3H2,1H3,(H,7,9). The predicted molar refractivity (Wildman–Crippen MR) is 37.7 cm³/mol. The molecule has 0 saturated heterocycles. The van der Waals surface area contributed by atoms with Gasteiger partial charge < -0.3 is 5.32 Å². The number of rotatable bonds is 2. The van der Waals surface area contributed by atoms with Crippen LogP contribution in [0.5, 0.6) is 0 Å². The van der Waals surface area contributed by atoms with Gasteiger partial charge in [0.1, 0.15) is 5.16 Å². The van der Waals surface area contributed by atoms with Crippen molar-refractivity contribution in [1.82, 2.24) is 15.9 Å². The smallest absolute Gasteiger partial charge is 0.146 e. The maximum atomic E-state index is 5.69. The van der Waals surface area contributed by atoms with E-state index in [0.29, 0.717) is 11.8 Å². The van der Waals surface area contributed by atoms with E-state index in [4.69, 9.17) is 11.6 Å². The molecular formula is C4H8ClN5. The largest absolute Gasteiger partial charge is 0.301 e. The highest BCUT2D eigenvalue weighted by Crippen LogP contribution is 2.08. The van der Waals surface area contributed by atoms with Gasteiger partial charge in [0, 0.05) is 0 Å². The minimum Gasteiger partial charge on any atom is -0.301 e. The quantitative estimate of drug-likeness (QED) is 0.576. The first kappa shape index (κ1) is 7.30. The molecule has 1 aliphatic rings. The van der Waals surface area contributed by atoms with Gasteiger partial charge in [-0.3, -0.25) is 0 Å². The Labute approximate surface area is 63.7 Å². The highest BCUT2D eigenvalue weighted by atomic mass is 35.5. The van der Waals surface area contributed by atoms with Gasteiger partial charge in [0.2, 0.25) is 0 Å². The van der Waals surface area contributed by atoms with Gasteiger partial charge >= 0.3 is 0 Å². The number of hydrogen-bond acceptors (Lipinski definition) is 5. The first-order valence-electron chi connectivity index (χ1n) is 2.78. The van der Waals surface area contributed by atoms with Gasteiger partial charge in [-0.05, 0) is 7.05 Å². The lowest BCUT2D eigenvalue weighted by Gasteiger charge is -2.22. The molecule has 5 nitrogen and oxygen atoms in total. The van der Waals surface area contributed by atoms with Crippen LogP contribution in [0.1, 0.15) is 0 Å². The fourth-order valence-electron chi connectivity index (χ4n) is 0.543. The summed E-state index contributed by atoms with van der Waals surface area (Å²) in [5.74, 6) is 0. The molecule has 0 bridgehead atoms. The third kappa shape index (κ3) is 1.58. The maximum Gasteiger partial charge on any atom is 0.146 e. The van der Waals surface area contributed by atoms with Crippen LogP contribution >= 0.6 is 11.6 Å². The number of nitrogens with one attached hydrogen (secondary N) is 2. The van der Waals surface area contributed by atoms with Crippen LogP contribution in [0.25, 0.3) is 0 Å². The molecule has 1 aliphatic heterocycles. The average molecular weight is 162 g/mol. The van der Waals surface area contributed by atoms with Crippen LogP contribution < -0.4 is 10.9 Å². The fraction of sp³-hybridized carbons (Fsp3) is 0.500. The first-order chi connectivity index (χ1) is 4.84. The van der Waals surface area contributed by atoms with Crippen molar-refractivity contribution in [1.29, 1.82) is 0 Å². The third-order valence-electron chi connectivity index (χ3n) is 0.962. The van der Waals surface area contributed by atoms with E-state index in [2.05, 4.69) is 21.2 Å². The van der Waals surface area contributed by atoms with Crippen LogP contribution in [0.15, 0.2) is 21.7 Å². The lowest BCUT2D eigenvalue weighted by Crippen LogP contribution is -2.39. The van der Waals surface area contributed by atoms with Gasteiger partial charge in [0.05, 0.1) is 12.9 Å². The zero-order valence-corrected chi connectivity index (χ0v) is 6.26. The van der Waals surface area contributed by atoms with Crippen molar-refractivity contribution in [3.05, 3.63) is 11.4 Å². The summed E-state index contributed by atoms with van der Waals surface area (Å²) in [6.45, 7) is 0.592. The Morgan fingerprint density at radius 2 is 2.70 bits per heavy atom. The van der Waals surface area contributed by atoms with E-state index in [0.717, 1.165) is 0 Å². The molecule has 0 fully saturated rings. The van der Waals surface area contributed by atoms with Crippen molar-refractivity contribution in [2.45, 2.75) is 0 Å². The summed E-state index contributed by atoms with van der Waals surface area (Å²) in [5.41, 5.74) is 2.60. The van der Waals surface area contributed by atoms with E-state index >= 15 is 0 Å². The molecule has 0 aromatic rings. The topological polar surface area (TPSA) is 52.0 Å². The first-order valence-corrected chi connectivity index (χ1v) is 3.15. The molecule has 56 valence electrons. The highest BCUT2D eigenvalue weighted by Gasteiger charge is 2.06. The normalized spacial score (nSPS) is 16.6. The zero-order valence-electron chi connectivity index (χ0n) is 5.50. The second-order valence-electron chi connectivity index (χ2n) is 1.71. The molecule has 1 rings (SSSR count). The molecule has 0 unspecified atom stereocenters. The SMILES string of the molecule is CNCN1NN=NC=C1Cl. The van der Waals surface area contributed by atoms with Crippen LogP contribution in [0, 0.1) is 0 Å². The molecule has 0 aromatic carbocycles. The summed E-state index contributed by atoms with van der Waals surface area (Å²) in [6.07, 6.45) is 1.47. The molecule has 0 spiro atoms. The van der Waals surface area contributed by atoms with Crippen molar-refractivity contribution in [3.63, 3.8) is 0 Å². The third-order valence-corrected chi connectivity index (χ3v) is 1.26. The van der Waals surface area contributed by atoms with Crippen molar-refractivity contribution < 1.29 is 0 Å². The van der Waals surface area contributed by atoms with Crippen molar-refractivity contribution in [2.75, 3.05) is 13.7 Å². The maximum absolute atomic E-state index is 5.69. The Hall–Kier alpha value is -0.810. The number of nitrogens with zero attached hydrogens (tertiary/aromatic N) is 3. The summed E-state index contributed by atoms with van der Waals surface area (Å²) >= 11 is 5.69. The number of halogens is 1. The van der Waals surface area contributed by atoms with Crippen LogP contribution in [-0.2, 0) is 0 Å². The lowest BCUT2D eigenvalue weighted by molar-refractivity contribution is 0.237. The van der Waals surface area contributed by atoms with Gasteiger partial charge in [-0.2, -0.15) is 5.53 Å². The molecule has 0 aromatic heterocycles. The Kier molecular flexibility index (Phi) is 2.47. The Morgan fingerprint density at radius 3 is 3.30 bits per heavy atom. The average Bonchev–Trinajstić information content (AvgIpc) is 1.94. The fourth-order valence-corrected chi connectivity index (χ4v) is 0.684. The summed E-state index contributed by atoms with van der Waals surface area (Å²) in [5, 5.41) is 12.1. The molecular weight excluding hydrogens is 154 g/mol. The second-order valence-corrected chi connectivity index (χ2v) is 2.09. The van der Waals surface area contributed by atoms with Gasteiger partial charge in [-0.15, -0.1) is 5.11 Å². The van der Waals surface area contributed by atoms with E-state index in [1.165, 1.54) is 6.20 Å². The van der Waals surface area contributed by atoms with Crippen LogP contribution in [0.2, 0.25) is 0 Å². The van der Waals surface area contributed by atoms with E-state index in [9.17, 15) is 0 Å². The van der Waals surface area contributed by atoms with E-state index in [1.807, 2.05) is 7.05 Å². The van der Waals surface area contributed by atoms with E-state index < -0.39 is 0 Å². The second kappa shape index (κ2) is 3.38. The predicted octanol–water partition coefficient (Wildman–Crippen LogP) is 0.388. The minimum atomic E-state index is 0.518. The number of hydrazine groups is 1. The van der Waals surface area contributed by atoms with Crippen LogP contribution in [0.4, 0.5) is 0 Å². The summed E-state index contributed by atoms with van der Waals surface area (Å²) < 4.78 is 0. The lowest BCUT2D eigenvalue weighted by atomic mass is 10.8. The van der Waals surface area contributed by atoms with Crippen LogP contribution in [0.3, 0.4) is 0 Å². The molecule has 1 heterocycles. The Balaban J connectivity index is 2.47. The van der Waals surface area contributed by atoms with Crippen molar-refractivity contribution >= 4 is 11.6 Å². The summed E-state index contributed by atoms with van der Waals surface area (Å²) in [4.78, 5) is 0. The molecule has 2 N–H and O–H groups in total. The molecule has 0 radical (unpaired) electrons. The molecule has 0 aliphatic carbocycles. The van der Waals surface area contributed by atoms with Crippen molar-refractivity contribution in [3.8, 4) is 0 Å². The highest BCUT2D eigenvalue weighted by molar-refractivity contribution is 6.29. The molecule has 10 heavy (non-hydrogen) atoms. The molecule has 0 amide bonds. The zero-order chi connectivity index (χ0) is 7.40.